The molecule has 0 unspecified atom stereocenters. The van der Waals surface area contributed by atoms with Crippen LogP contribution < -0.4 is 14.9 Å². The molecule has 9 heteroatoms. The van der Waals surface area contributed by atoms with Gasteiger partial charge in [-0.15, -0.1) is 0 Å². The molecule has 1 aliphatic rings. The van der Waals surface area contributed by atoms with Crippen molar-refractivity contribution in [2.24, 2.45) is 0 Å². The van der Waals surface area contributed by atoms with E-state index in [0.29, 0.717) is 30.9 Å². The second-order valence-electron chi connectivity index (χ2n) is 6.70. The predicted octanol–water partition coefficient (Wildman–Crippen LogP) is 2.73. The highest BCUT2D eigenvalue weighted by Crippen LogP contribution is 2.24. The van der Waals surface area contributed by atoms with Gasteiger partial charge in [0.25, 0.3) is 0 Å². The summed E-state index contributed by atoms with van der Waals surface area (Å²) in [6.07, 6.45) is 3.18. The van der Waals surface area contributed by atoms with Crippen molar-refractivity contribution in [2.75, 3.05) is 29.0 Å². The van der Waals surface area contributed by atoms with Gasteiger partial charge >= 0.3 is 6.09 Å². The van der Waals surface area contributed by atoms with Crippen LogP contribution in [0.4, 0.5) is 16.2 Å². The number of amides is 2. The SMILES string of the molecule is COC(=O)Nc1ccc(CNC(=O)/C=C/c2ccc(N3CCCS3(=O)=O)cc2)cc1. The minimum absolute atomic E-state index is 0.180. The first-order valence-electron chi connectivity index (χ1n) is 9.38. The summed E-state index contributed by atoms with van der Waals surface area (Å²) in [6, 6.07) is 14.1. The number of carbonyl (C=O) groups excluding carboxylic acids is 2. The third-order valence-electron chi connectivity index (χ3n) is 4.56. The number of hydrogen-bond acceptors (Lipinski definition) is 5. The zero-order chi connectivity index (χ0) is 21.6. The van der Waals surface area contributed by atoms with Crippen molar-refractivity contribution < 1.29 is 22.7 Å². The molecule has 1 aliphatic heterocycles. The van der Waals surface area contributed by atoms with Gasteiger partial charge in [0.1, 0.15) is 0 Å². The van der Waals surface area contributed by atoms with Crippen LogP contribution in [0.15, 0.2) is 54.6 Å². The van der Waals surface area contributed by atoms with Gasteiger partial charge in [0.2, 0.25) is 15.9 Å². The Kier molecular flexibility index (Phi) is 6.73. The summed E-state index contributed by atoms with van der Waals surface area (Å²) >= 11 is 0. The lowest BCUT2D eigenvalue weighted by molar-refractivity contribution is -0.116. The average Bonchev–Trinajstić information content (AvgIpc) is 3.11. The van der Waals surface area contributed by atoms with Crippen LogP contribution in [0.2, 0.25) is 0 Å². The molecular weight excluding hydrogens is 406 g/mol. The summed E-state index contributed by atoms with van der Waals surface area (Å²) in [7, 11) is -1.91. The Balaban J connectivity index is 1.50. The average molecular weight is 429 g/mol. The van der Waals surface area contributed by atoms with Crippen molar-refractivity contribution in [2.45, 2.75) is 13.0 Å². The van der Waals surface area contributed by atoms with Crippen LogP contribution in [0.3, 0.4) is 0 Å². The van der Waals surface area contributed by atoms with Gasteiger partial charge in [-0.1, -0.05) is 24.3 Å². The van der Waals surface area contributed by atoms with Crippen LogP contribution in [0.25, 0.3) is 6.08 Å². The van der Waals surface area contributed by atoms with Crippen molar-refractivity contribution in [3.63, 3.8) is 0 Å². The molecule has 158 valence electrons. The Hall–Kier alpha value is -3.33. The summed E-state index contributed by atoms with van der Waals surface area (Å²) in [5, 5.41) is 5.33. The van der Waals surface area contributed by atoms with E-state index < -0.39 is 16.1 Å². The Morgan fingerprint density at radius 3 is 2.40 bits per heavy atom. The van der Waals surface area contributed by atoms with E-state index in [9.17, 15) is 18.0 Å². The van der Waals surface area contributed by atoms with E-state index in [0.717, 1.165) is 11.1 Å². The third kappa shape index (κ3) is 5.60. The van der Waals surface area contributed by atoms with E-state index in [-0.39, 0.29) is 11.7 Å². The molecule has 0 bridgehead atoms. The number of ether oxygens (including phenoxy) is 1. The first kappa shape index (κ1) is 21.4. The quantitative estimate of drug-likeness (QED) is 0.687. The molecular formula is C21H23N3O5S. The Morgan fingerprint density at radius 2 is 1.80 bits per heavy atom. The number of nitrogens with zero attached hydrogens (tertiary/aromatic N) is 1. The lowest BCUT2D eigenvalue weighted by Crippen LogP contribution is -2.24. The van der Waals surface area contributed by atoms with Gasteiger partial charge in [-0.05, 0) is 47.9 Å². The number of anilines is 2. The van der Waals surface area contributed by atoms with Crippen LogP contribution in [-0.2, 0) is 26.1 Å². The van der Waals surface area contributed by atoms with E-state index in [4.69, 9.17) is 0 Å². The molecule has 0 radical (unpaired) electrons. The number of sulfonamides is 1. The van der Waals surface area contributed by atoms with Crippen molar-refractivity contribution in [3.8, 4) is 0 Å². The maximum atomic E-state index is 12.0. The molecule has 2 amide bonds. The van der Waals surface area contributed by atoms with Gasteiger partial charge in [-0.3, -0.25) is 14.4 Å². The van der Waals surface area contributed by atoms with E-state index in [2.05, 4.69) is 15.4 Å². The molecule has 2 aromatic rings. The standard InChI is InChI=1S/C21H23N3O5S/c1-29-21(26)23-18-8-3-17(4-9-18)15-22-20(25)12-7-16-5-10-19(11-6-16)24-13-2-14-30(24,27)28/h3-12H,2,13-15H2,1H3,(H,22,25)(H,23,26)/b12-7+. The zero-order valence-corrected chi connectivity index (χ0v) is 17.3. The van der Waals surface area contributed by atoms with E-state index in [1.807, 2.05) is 0 Å². The highest BCUT2D eigenvalue weighted by molar-refractivity contribution is 7.93. The second-order valence-corrected chi connectivity index (χ2v) is 8.71. The van der Waals surface area contributed by atoms with Crippen LogP contribution >= 0.6 is 0 Å². The number of benzene rings is 2. The molecule has 1 saturated heterocycles. The van der Waals surface area contributed by atoms with Gasteiger partial charge in [-0.2, -0.15) is 0 Å². The van der Waals surface area contributed by atoms with Crippen LogP contribution in [0.5, 0.6) is 0 Å². The second kappa shape index (κ2) is 9.45. The molecule has 2 aromatic carbocycles. The van der Waals surface area contributed by atoms with Gasteiger partial charge in [0.15, 0.2) is 0 Å². The maximum absolute atomic E-state index is 12.0. The Labute approximate surface area is 175 Å². The lowest BCUT2D eigenvalue weighted by Gasteiger charge is -2.16. The van der Waals surface area contributed by atoms with Gasteiger partial charge in [-0.25, -0.2) is 13.2 Å². The van der Waals surface area contributed by atoms with Gasteiger partial charge in [0, 0.05) is 24.9 Å². The molecule has 0 aliphatic carbocycles. The first-order chi connectivity index (χ1) is 14.4. The molecule has 30 heavy (non-hydrogen) atoms. The number of hydrogen-bond donors (Lipinski definition) is 2. The maximum Gasteiger partial charge on any atom is 0.411 e. The molecule has 1 heterocycles. The fourth-order valence-corrected chi connectivity index (χ4v) is 4.54. The number of rotatable bonds is 6. The molecule has 1 fully saturated rings. The number of carbonyl (C=O) groups is 2. The minimum atomic E-state index is -3.20. The van der Waals surface area contributed by atoms with Crippen molar-refractivity contribution in [1.82, 2.24) is 5.32 Å². The molecule has 3 rings (SSSR count). The topological polar surface area (TPSA) is 105 Å². The smallest absolute Gasteiger partial charge is 0.411 e. The highest BCUT2D eigenvalue weighted by atomic mass is 32.2. The molecule has 0 aromatic heterocycles. The fraction of sp³-hybridized carbons (Fsp3) is 0.238. The summed E-state index contributed by atoms with van der Waals surface area (Å²) < 4.78 is 29.9. The lowest BCUT2D eigenvalue weighted by atomic mass is 10.2. The predicted molar refractivity (Wildman–Crippen MR) is 116 cm³/mol. The van der Waals surface area contributed by atoms with Crippen molar-refractivity contribution in [1.29, 1.82) is 0 Å². The number of methoxy groups -OCH3 is 1. The summed E-state index contributed by atoms with van der Waals surface area (Å²) in [5.74, 6) is -0.0720. The number of nitrogens with one attached hydrogen (secondary N) is 2. The van der Waals surface area contributed by atoms with Crippen molar-refractivity contribution in [3.05, 3.63) is 65.7 Å². The van der Waals surface area contributed by atoms with E-state index >= 15 is 0 Å². The molecule has 0 atom stereocenters. The summed E-state index contributed by atoms with van der Waals surface area (Å²) in [6.45, 7) is 0.840. The van der Waals surface area contributed by atoms with Crippen LogP contribution in [0.1, 0.15) is 17.5 Å². The molecule has 2 N–H and O–H groups in total. The minimum Gasteiger partial charge on any atom is -0.453 e. The monoisotopic (exact) mass is 429 g/mol. The summed E-state index contributed by atoms with van der Waals surface area (Å²) in [5.41, 5.74) is 2.91. The zero-order valence-electron chi connectivity index (χ0n) is 16.5. The van der Waals surface area contributed by atoms with Crippen LogP contribution in [-0.4, -0.2) is 39.8 Å². The molecule has 8 nitrogen and oxygen atoms in total. The van der Waals surface area contributed by atoms with E-state index in [1.165, 1.54) is 17.5 Å². The highest BCUT2D eigenvalue weighted by Gasteiger charge is 2.28. The molecule has 0 saturated carbocycles. The third-order valence-corrected chi connectivity index (χ3v) is 6.43. The molecule has 0 spiro atoms. The van der Waals surface area contributed by atoms with E-state index in [1.54, 1.807) is 54.6 Å². The van der Waals surface area contributed by atoms with Gasteiger partial charge in [0.05, 0.1) is 18.6 Å². The van der Waals surface area contributed by atoms with Gasteiger partial charge < -0.3 is 10.1 Å². The van der Waals surface area contributed by atoms with Crippen LogP contribution in [0, 0.1) is 0 Å². The Bertz CT molecular complexity index is 1030. The van der Waals surface area contributed by atoms with Crippen molar-refractivity contribution >= 4 is 39.5 Å². The summed E-state index contributed by atoms with van der Waals surface area (Å²) in [4.78, 5) is 23.2. The Morgan fingerprint density at radius 1 is 1.10 bits per heavy atom. The largest absolute Gasteiger partial charge is 0.453 e. The fourth-order valence-electron chi connectivity index (χ4n) is 2.98. The first-order valence-corrected chi connectivity index (χ1v) is 11.0. The normalized spacial score (nSPS) is 15.2.